The Hall–Kier alpha value is -1.79. The Morgan fingerprint density at radius 1 is 1.24 bits per heavy atom. The summed E-state index contributed by atoms with van der Waals surface area (Å²) in [5.41, 5.74) is 0. The number of halogens is 3. The van der Waals surface area contributed by atoms with Gasteiger partial charge in [0.05, 0.1) is 13.0 Å². The monoisotopic (exact) mass is 304 g/mol. The van der Waals surface area contributed by atoms with Gasteiger partial charge in [-0.3, -0.25) is 4.79 Å². The van der Waals surface area contributed by atoms with E-state index in [1.165, 1.54) is 19.2 Å². The lowest BCUT2D eigenvalue weighted by atomic mass is 9.78. The highest BCUT2D eigenvalue weighted by Gasteiger charge is 2.44. The predicted octanol–water partition coefficient (Wildman–Crippen LogP) is 3.62. The molecule has 7 heteroatoms. The summed E-state index contributed by atoms with van der Waals surface area (Å²) in [5, 5.41) is 0. The zero-order valence-electron chi connectivity index (χ0n) is 11.4. The summed E-state index contributed by atoms with van der Waals surface area (Å²) < 4.78 is 47.7. The fourth-order valence-electron chi connectivity index (χ4n) is 2.61. The molecule has 1 aromatic rings. The molecule has 0 bridgehead atoms. The Morgan fingerprint density at radius 2 is 1.90 bits per heavy atom. The van der Waals surface area contributed by atoms with E-state index in [-0.39, 0.29) is 24.4 Å². The lowest BCUT2D eigenvalue weighted by Crippen LogP contribution is -2.31. The number of methoxy groups -OCH3 is 1. The minimum Gasteiger partial charge on any atom is -0.463 e. The van der Waals surface area contributed by atoms with Crippen molar-refractivity contribution in [2.75, 3.05) is 7.11 Å². The largest absolute Gasteiger partial charge is 0.463 e. The van der Waals surface area contributed by atoms with Crippen molar-refractivity contribution in [2.24, 2.45) is 11.8 Å². The molecule has 1 aliphatic rings. The number of ketones is 1. The molecule has 1 heterocycles. The van der Waals surface area contributed by atoms with E-state index in [0.717, 1.165) is 0 Å². The van der Waals surface area contributed by atoms with Crippen molar-refractivity contribution in [1.29, 1.82) is 0 Å². The van der Waals surface area contributed by atoms with Crippen molar-refractivity contribution < 1.29 is 31.9 Å². The number of carbonyl (C=O) groups is 2. The highest BCUT2D eigenvalue weighted by Crippen LogP contribution is 2.40. The molecule has 0 aliphatic heterocycles. The Kier molecular flexibility index (Phi) is 4.39. The number of hydrogen-bond acceptors (Lipinski definition) is 4. The molecule has 0 radical (unpaired) electrons. The van der Waals surface area contributed by atoms with E-state index in [1.54, 1.807) is 0 Å². The lowest BCUT2D eigenvalue weighted by molar-refractivity contribution is -0.184. The molecule has 0 spiro atoms. The number of alkyl halides is 3. The fourth-order valence-corrected chi connectivity index (χ4v) is 2.61. The van der Waals surface area contributed by atoms with Crippen LogP contribution >= 0.6 is 0 Å². The van der Waals surface area contributed by atoms with Gasteiger partial charge in [-0.05, 0) is 31.4 Å². The normalized spacial score (nSPS) is 22.9. The smallest absolute Gasteiger partial charge is 0.391 e. The molecule has 0 N–H and O–H groups in total. The van der Waals surface area contributed by atoms with E-state index in [2.05, 4.69) is 4.74 Å². The van der Waals surface area contributed by atoms with E-state index in [0.29, 0.717) is 12.8 Å². The van der Waals surface area contributed by atoms with Gasteiger partial charge < -0.3 is 9.15 Å². The number of furan rings is 1. The van der Waals surface area contributed by atoms with Gasteiger partial charge in [0.25, 0.3) is 0 Å². The summed E-state index contributed by atoms with van der Waals surface area (Å²) in [4.78, 5) is 23.4. The van der Waals surface area contributed by atoms with Crippen molar-refractivity contribution in [1.82, 2.24) is 0 Å². The Labute approximate surface area is 119 Å². The van der Waals surface area contributed by atoms with Gasteiger partial charge in [-0.15, -0.1) is 0 Å². The molecular weight excluding hydrogens is 289 g/mol. The number of rotatable bonds is 3. The van der Waals surface area contributed by atoms with Crippen molar-refractivity contribution >= 4 is 11.8 Å². The minimum atomic E-state index is -4.28. The average Bonchev–Trinajstić information content (AvgIpc) is 2.94. The Bertz CT molecular complexity index is 533. The molecule has 0 amide bonds. The zero-order valence-corrected chi connectivity index (χ0v) is 11.4. The summed E-state index contributed by atoms with van der Waals surface area (Å²) in [6, 6.07) is 2.58. The van der Waals surface area contributed by atoms with E-state index in [4.69, 9.17) is 4.42 Å². The van der Waals surface area contributed by atoms with Gasteiger partial charge in [0, 0.05) is 5.92 Å². The molecule has 2 unspecified atom stereocenters. The second-order valence-electron chi connectivity index (χ2n) is 5.12. The maximum Gasteiger partial charge on any atom is 0.391 e. The standard InChI is InChI=1S/C14H15F3O4/c1-20-13(19)11-6-5-10(21-11)12(18)8-3-2-4-9(7-8)14(15,16)17/h5-6,8-9H,2-4,7H2,1H3. The summed E-state index contributed by atoms with van der Waals surface area (Å²) in [6.07, 6.45) is -3.69. The van der Waals surface area contributed by atoms with Crippen LogP contribution in [0.4, 0.5) is 13.2 Å². The Morgan fingerprint density at radius 3 is 2.52 bits per heavy atom. The van der Waals surface area contributed by atoms with E-state index in [1.807, 2.05) is 0 Å². The third-order valence-corrected chi connectivity index (χ3v) is 3.74. The van der Waals surface area contributed by atoms with Crippen LogP contribution < -0.4 is 0 Å². The first-order valence-corrected chi connectivity index (χ1v) is 6.62. The molecule has 0 saturated heterocycles. The van der Waals surface area contributed by atoms with Crippen LogP contribution in [-0.4, -0.2) is 25.0 Å². The molecule has 2 rings (SSSR count). The first-order chi connectivity index (χ1) is 9.82. The molecule has 1 aromatic heterocycles. The summed E-state index contributed by atoms with van der Waals surface area (Å²) in [6.45, 7) is 0. The van der Waals surface area contributed by atoms with Crippen LogP contribution in [0.25, 0.3) is 0 Å². The van der Waals surface area contributed by atoms with Crippen molar-refractivity contribution in [3.63, 3.8) is 0 Å². The van der Waals surface area contributed by atoms with Crippen LogP contribution in [0.2, 0.25) is 0 Å². The van der Waals surface area contributed by atoms with Crippen LogP contribution in [-0.2, 0) is 4.74 Å². The maximum atomic E-state index is 12.7. The topological polar surface area (TPSA) is 56.5 Å². The highest BCUT2D eigenvalue weighted by atomic mass is 19.4. The second-order valence-corrected chi connectivity index (χ2v) is 5.12. The molecule has 1 saturated carbocycles. The average molecular weight is 304 g/mol. The van der Waals surface area contributed by atoms with Gasteiger partial charge in [-0.2, -0.15) is 13.2 Å². The number of ether oxygens (including phenoxy) is 1. The van der Waals surface area contributed by atoms with Gasteiger partial charge >= 0.3 is 12.1 Å². The molecule has 0 aromatic carbocycles. The summed E-state index contributed by atoms with van der Waals surface area (Å²) >= 11 is 0. The molecule has 1 aliphatic carbocycles. The van der Waals surface area contributed by atoms with E-state index in [9.17, 15) is 22.8 Å². The van der Waals surface area contributed by atoms with Crippen LogP contribution in [0.1, 0.15) is 46.8 Å². The minimum absolute atomic E-state index is 0.0544. The molecule has 2 atom stereocenters. The predicted molar refractivity (Wildman–Crippen MR) is 65.9 cm³/mol. The van der Waals surface area contributed by atoms with Crippen LogP contribution in [0.15, 0.2) is 16.5 Å². The summed E-state index contributed by atoms with van der Waals surface area (Å²) in [7, 11) is 1.17. The van der Waals surface area contributed by atoms with Crippen LogP contribution in [0, 0.1) is 11.8 Å². The first kappa shape index (κ1) is 15.6. The van der Waals surface area contributed by atoms with E-state index >= 15 is 0 Å². The van der Waals surface area contributed by atoms with E-state index < -0.39 is 29.8 Å². The first-order valence-electron chi connectivity index (χ1n) is 6.62. The van der Waals surface area contributed by atoms with Gasteiger partial charge in [0.1, 0.15) is 0 Å². The van der Waals surface area contributed by atoms with Gasteiger partial charge in [0.15, 0.2) is 5.76 Å². The number of Topliss-reactive ketones (excluding diaryl/α,β-unsaturated/α-hetero) is 1. The third kappa shape index (κ3) is 3.46. The van der Waals surface area contributed by atoms with Gasteiger partial charge in [-0.25, -0.2) is 4.79 Å². The van der Waals surface area contributed by atoms with Crippen LogP contribution in [0.5, 0.6) is 0 Å². The molecule has 116 valence electrons. The molecule has 1 fully saturated rings. The van der Waals surface area contributed by atoms with Crippen molar-refractivity contribution in [3.8, 4) is 0 Å². The lowest BCUT2D eigenvalue weighted by Gasteiger charge is -2.29. The molecule has 21 heavy (non-hydrogen) atoms. The Balaban J connectivity index is 2.09. The fraction of sp³-hybridized carbons (Fsp3) is 0.571. The SMILES string of the molecule is COC(=O)c1ccc(C(=O)C2CCCC(C(F)(F)F)C2)o1. The second kappa shape index (κ2) is 5.91. The number of carbonyl (C=O) groups excluding carboxylic acids is 2. The van der Waals surface area contributed by atoms with Crippen molar-refractivity contribution in [2.45, 2.75) is 31.9 Å². The summed E-state index contributed by atoms with van der Waals surface area (Å²) in [5.74, 6) is -3.62. The van der Waals surface area contributed by atoms with Crippen LogP contribution in [0.3, 0.4) is 0 Å². The quantitative estimate of drug-likeness (QED) is 0.632. The van der Waals surface area contributed by atoms with Crippen molar-refractivity contribution in [3.05, 3.63) is 23.7 Å². The molecular formula is C14H15F3O4. The maximum absolute atomic E-state index is 12.7. The number of esters is 1. The van der Waals surface area contributed by atoms with Gasteiger partial charge in [-0.1, -0.05) is 6.42 Å². The number of hydrogen-bond donors (Lipinski definition) is 0. The third-order valence-electron chi connectivity index (χ3n) is 3.74. The van der Waals surface area contributed by atoms with Gasteiger partial charge in [0.2, 0.25) is 11.5 Å². The highest BCUT2D eigenvalue weighted by molar-refractivity contribution is 5.97. The molecule has 4 nitrogen and oxygen atoms in total. The zero-order chi connectivity index (χ0) is 15.6.